The Morgan fingerprint density at radius 3 is 2.74 bits per heavy atom. The van der Waals surface area contributed by atoms with Gasteiger partial charge in [-0.05, 0) is 30.4 Å². The topological polar surface area (TPSA) is 52.6 Å². The van der Waals surface area contributed by atoms with Gasteiger partial charge in [0.25, 0.3) is 0 Å². The van der Waals surface area contributed by atoms with E-state index in [1.165, 1.54) is 11.1 Å². The lowest BCUT2D eigenvalue weighted by Crippen LogP contribution is -2.50. The number of hydrogen-bond acceptors (Lipinski definition) is 3. The van der Waals surface area contributed by atoms with Gasteiger partial charge in [-0.2, -0.15) is 0 Å². The van der Waals surface area contributed by atoms with E-state index in [4.69, 9.17) is 5.11 Å². The second kappa shape index (κ2) is 5.31. The van der Waals surface area contributed by atoms with Crippen molar-refractivity contribution < 1.29 is 9.90 Å². The number of fused-ring (bicyclic) bond motifs is 1. The van der Waals surface area contributed by atoms with Crippen molar-refractivity contribution in [3.63, 3.8) is 0 Å². The van der Waals surface area contributed by atoms with Crippen LogP contribution >= 0.6 is 0 Å². The summed E-state index contributed by atoms with van der Waals surface area (Å²) in [7, 11) is 0. The Labute approximate surface area is 113 Å². The van der Waals surface area contributed by atoms with Crippen molar-refractivity contribution in [2.75, 3.05) is 13.2 Å². The molecule has 1 heterocycles. The predicted octanol–water partition coefficient (Wildman–Crippen LogP) is 0.684. The molecule has 1 saturated carbocycles. The van der Waals surface area contributed by atoms with Crippen LogP contribution in [0.25, 0.3) is 0 Å². The molecule has 1 unspecified atom stereocenters. The van der Waals surface area contributed by atoms with Gasteiger partial charge in [-0.1, -0.05) is 24.3 Å². The van der Waals surface area contributed by atoms with Crippen molar-refractivity contribution in [2.24, 2.45) is 0 Å². The first-order valence-corrected chi connectivity index (χ1v) is 7.01. The van der Waals surface area contributed by atoms with Crippen molar-refractivity contribution in [3.8, 4) is 0 Å². The smallest absolute Gasteiger partial charge is 0.240 e. The third-order valence-corrected chi connectivity index (χ3v) is 3.99. The standard InChI is InChI=1S/C15H20N2O2/c18-8-7-17(13-5-6-13)15(19)14-9-11-3-1-2-4-12(11)10-16-14/h1-4,13-14,16,18H,5-10H2. The van der Waals surface area contributed by atoms with Crippen molar-refractivity contribution in [1.82, 2.24) is 10.2 Å². The van der Waals surface area contributed by atoms with Gasteiger partial charge < -0.3 is 15.3 Å². The molecule has 4 heteroatoms. The first-order chi connectivity index (χ1) is 9.29. The molecule has 4 nitrogen and oxygen atoms in total. The maximum atomic E-state index is 12.5. The van der Waals surface area contributed by atoms with Crippen LogP contribution in [0, 0.1) is 0 Å². The molecule has 0 saturated heterocycles. The van der Waals surface area contributed by atoms with Crippen molar-refractivity contribution >= 4 is 5.91 Å². The van der Waals surface area contributed by atoms with Gasteiger partial charge in [0.1, 0.15) is 0 Å². The minimum absolute atomic E-state index is 0.0472. The number of hydrogen-bond donors (Lipinski definition) is 2. The zero-order valence-corrected chi connectivity index (χ0v) is 11.0. The number of carbonyl (C=O) groups excluding carboxylic acids is 1. The second-order valence-corrected chi connectivity index (χ2v) is 5.39. The van der Waals surface area contributed by atoms with Crippen LogP contribution < -0.4 is 5.32 Å². The monoisotopic (exact) mass is 260 g/mol. The average Bonchev–Trinajstić information content (AvgIpc) is 3.28. The van der Waals surface area contributed by atoms with Gasteiger partial charge in [0.15, 0.2) is 0 Å². The van der Waals surface area contributed by atoms with E-state index >= 15 is 0 Å². The molecule has 1 aliphatic heterocycles. The van der Waals surface area contributed by atoms with Crippen molar-refractivity contribution in [2.45, 2.75) is 37.9 Å². The summed E-state index contributed by atoms with van der Waals surface area (Å²) in [6.07, 6.45) is 2.91. The van der Waals surface area contributed by atoms with Crippen LogP contribution in [-0.2, 0) is 17.8 Å². The Hall–Kier alpha value is -1.39. The Morgan fingerprint density at radius 2 is 2.05 bits per heavy atom. The third kappa shape index (κ3) is 2.65. The Balaban J connectivity index is 1.71. The average molecular weight is 260 g/mol. The van der Waals surface area contributed by atoms with Gasteiger partial charge in [-0.3, -0.25) is 4.79 Å². The predicted molar refractivity (Wildman–Crippen MR) is 72.6 cm³/mol. The molecule has 2 N–H and O–H groups in total. The highest BCUT2D eigenvalue weighted by Gasteiger charge is 2.36. The van der Waals surface area contributed by atoms with E-state index < -0.39 is 0 Å². The number of aliphatic hydroxyl groups is 1. The first kappa shape index (κ1) is 12.6. The van der Waals surface area contributed by atoms with Gasteiger partial charge in [-0.15, -0.1) is 0 Å². The van der Waals surface area contributed by atoms with Crippen LogP contribution in [0.5, 0.6) is 0 Å². The van der Waals surface area contributed by atoms with E-state index in [9.17, 15) is 4.79 Å². The summed E-state index contributed by atoms with van der Waals surface area (Å²) >= 11 is 0. The van der Waals surface area contributed by atoms with Gasteiger partial charge in [0, 0.05) is 19.1 Å². The molecule has 0 bridgehead atoms. The SMILES string of the molecule is O=C(C1Cc2ccccc2CN1)N(CCO)C1CC1. The normalized spacial score (nSPS) is 21.8. The summed E-state index contributed by atoms with van der Waals surface area (Å²) in [4.78, 5) is 14.4. The highest BCUT2D eigenvalue weighted by Crippen LogP contribution is 2.28. The maximum absolute atomic E-state index is 12.5. The molecule has 102 valence electrons. The van der Waals surface area contributed by atoms with Crippen LogP contribution in [0.2, 0.25) is 0 Å². The second-order valence-electron chi connectivity index (χ2n) is 5.39. The number of amides is 1. The molecule has 3 rings (SSSR count). The molecule has 19 heavy (non-hydrogen) atoms. The molecule has 1 amide bonds. The van der Waals surface area contributed by atoms with E-state index in [0.717, 1.165) is 25.8 Å². The molecule has 0 aromatic heterocycles. The molecular formula is C15H20N2O2. The molecule has 1 aliphatic carbocycles. The minimum atomic E-state index is -0.137. The molecule has 2 aliphatic rings. The van der Waals surface area contributed by atoms with E-state index in [-0.39, 0.29) is 18.6 Å². The van der Waals surface area contributed by atoms with Crippen LogP contribution in [-0.4, -0.2) is 41.1 Å². The number of aliphatic hydroxyl groups excluding tert-OH is 1. The highest BCUT2D eigenvalue weighted by molar-refractivity contribution is 5.83. The minimum Gasteiger partial charge on any atom is -0.395 e. The van der Waals surface area contributed by atoms with Gasteiger partial charge in [0.05, 0.1) is 12.6 Å². The molecule has 1 aromatic rings. The summed E-state index contributed by atoms with van der Waals surface area (Å²) in [5.41, 5.74) is 2.55. The number of nitrogens with one attached hydrogen (secondary N) is 1. The first-order valence-electron chi connectivity index (χ1n) is 7.01. The van der Waals surface area contributed by atoms with Gasteiger partial charge >= 0.3 is 0 Å². The summed E-state index contributed by atoms with van der Waals surface area (Å²) in [6.45, 7) is 1.26. The molecule has 0 spiro atoms. The van der Waals surface area contributed by atoms with Crippen molar-refractivity contribution in [3.05, 3.63) is 35.4 Å². The molecule has 1 aromatic carbocycles. The molecule has 1 fully saturated rings. The Morgan fingerprint density at radius 1 is 1.32 bits per heavy atom. The quantitative estimate of drug-likeness (QED) is 0.837. The lowest BCUT2D eigenvalue weighted by atomic mass is 9.95. The summed E-state index contributed by atoms with van der Waals surface area (Å²) in [5, 5.41) is 12.4. The number of rotatable bonds is 4. The van der Waals surface area contributed by atoms with Gasteiger partial charge in [-0.25, -0.2) is 0 Å². The fourth-order valence-corrected chi connectivity index (χ4v) is 2.80. The zero-order valence-electron chi connectivity index (χ0n) is 11.0. The largest absolute Gasteiger partial charge is 0.395 e. The maximum Gasteiger partial charge on any atom is 0.240 e. The molecule has 1 atom stereocenters. The Bertz CT molecular complexity index is 471. The Kier molecular flexibility index (Phi) is 3.53. The van der Waals surface area contributed by atoms with Crippen LogP contribution in [0.1, 0.15) is 24.0 Å². The lowest BCUT2D eigenvalue weighted by molar-refractivity contribution is -0.134. The van der Waals surface area contributed by atoms with Crippen molar-refractivity contribution in [1.29, 1.82) is 0 Å². The fraction of sp³-hybridized carbons (Fsp3) is 0.533. The van der Waals surface area contributed by atoms with E-state index in [0.29, 0.717) is 12.6 Å². The van der Waals surface area contributed by atoms with E-state index in [2.05, 4.69) is 17.4 Å². The summed E-state index contributed by atoms with van der Waals surface area (Å²) < 4.78 is 0. The zero-order chi connectivity index (χ0) is 13.2. The molecular weight excluding hydrogens is 240 g/mol. The third-order valence-electron chi connectivity index (χ3n) is 3.99. The van der Waals surface area contributed by atoms with Crippen LogP contribution in [0.15, 0.2) is 24.3 Å². The number of carbonyl (C=O) groups is 1. The van der Waals surface area contributed by atoms with Crippen LogP contribution in [0.4, 0.5) is 0 Å². The number of nitrogens with zero attached hydrogens (tertiary/aromatic N) is 1. The van der Waals surface area contributed by atoms with E-state index in [1.807, 2.05) is 17.0 Å². The lowest BCUT2D eigenvalue weighted by Gasteiger charge is -2.31. The highest BCUT2D eigenvalue weighted by atomic mass is 16.3. The van der Waals surface area contributed by atoms with E-state index in [1.54, 1.807) is 0 Å². The van der Waals surface area contributed by atoms with Gasteiger partial charge in [0.2, 0.25) is 5.91 Å². The summed E-state index contributed by atoms with van der Waals surface area (Å²) in [5.74, 6) is 0.144. The molecule has 0 radical (unpaired) electrons. The van der Waals surface area contributed by atoms with Crippen LogP contribution in [0.3, 0.4) is 0 Å². The fourth-order valence-electron chi connectivity index (χ4n) is 2.80. The number of benzene rings is 1. The summed E-state index contributed by atoms with van der Waals surface area (Å²) in [6, 6.07) is 8.49.